The Labute approximate surface area is 162 Å². The van der Waals surface area contributed by atoms with E-state index in [1.165, 1.54) is 0 Å². The zero-order valence-electron chi connectivity index (χ0n) is 15.4. The smallest absolute Gasteiger partial charge is 0.322 e. The van der Waals surface area contributed by atoms with Gasteiger partial charge in [0.05, 0.1) is 19.3 Å². The van der Waals surface area contributed by atoms with Crippen LogP contribution >= 0.6 is 11.3 Å². The molecule has 0 bridgehead atoms. The van der Waals surface area contributed by atoms with Crippen LogP contribution in [-0.4, -0.2) is 29.6 Å². The Balaban J connectivity index is 1.51. The average Bonchev–Trinajstić information content (AvgIpc) is 3.13. The Kier molecular flexibility index (Phi) is 4.81. The van der Waals surface area contributed by atoms with Crippen LogP contribution in [0.4, 0.5) is 10.5 Å². The van der Waals surface area contributed by atoms with Crippen molar-refractivity contribution in [2.75, 3.05) is 19.0 Å². The minimum atomic E-state index is -0.0636. The Morgan fingerprint density at radius 2 is 2.07 bits per heavy atom. The third-order valence-corrected chi connectivity index (χ3v) is 5.85. The number of carbonyl (C=O) groups is 1. The number of rotatable bonds is 3. The molecule has 0 fully saturated rings. The molecule has 0 atom stereocenters. The normalized spacial score (nSPS) is 13.2. The van der Waals surface area contributed by atoms with Crippen molar-refractivity contribution in [2.45, 2.75) is 19.9 Å². The quantitative estimate of drug-likeness (QED) is 0.716. The first-order chi connectivity index (χ1) is 13.1. The van der Waals surface area contributed by atoms with Crippen LogP contribution in [0.3, 0.4) is 0 Å². The molecular weight excluding hydrogens is 358 g/mol. The Morgan fingerprint density at radius 3 is 2.89 bits per heavy atom. The first kappa shape index (κ1) is 17.5. The SMILES string of the molecule is COc1cccc(-c2nc3c(s2)CN(C(=O)Nc2ccccc2C)CC3)c1. The molecule has 0 radical (unpaired) electrons. The van der Waals surface area contributed by atoms with Crippen LogP contribution in [-0.2, 0) is 13.0 Å². The van der Waals surface area contributed by atoms with Crippen LogP contribution in [0, 0.1) is 6.92 Å². The van der Waals surface area contributed by atoms with Crippen molar-refractivity contribution in [1.82, 2.24) is 9.88 Å². The van der Waals surface area contributed by atoms with E-state index in [-0.39, 0.29) is 6.03 Å². The number of aromatic nitrogens is 1. The number of ether oxygens (including phenoxy) is 1. The number of aryl methyl sites for hydroxylation is 1. The molecule has 2 aromatic carbocycles. The maximum atomic E-state index is 12.7. The highest BCUT2D eigenvalue weighted by atomic mass is 32.1. The number of para-hydroxylation sites is 1. The number of amides is 2. The highest BCUT2D eigenvalue weighted by Crippen LogP contribution is 2.33. The molecule has 0 spiro atoms. The molecule has 1 aromatic heterocycles. The van der Waals surface area contributed by atoms with E-state index in [1.54, 1.807) is 18.4 Å². The zero-order valence-corrected chi connectivity index (χ0v) is 16.2. The van der Waals surface area contributed by atoms with Crippen molar-refractivity contribution >= 4 is 23.1 Å². The van der Waals surface area contributed by atoms with Gasteiger partial charge in [-0.05, 0) is 30.7 Å². The Hall–Kier alpha value is -2.86. The van der Waals surface area contributed by atoms with Gasteiger partial charge in [-0.25, -0.2) is 9.78 Å². The summed E-state index contributed by atoms with van der Waals surface area (Å²) in [5.74, 6) is 0.819. The van der Waals surface area contributed by atoms with Crippen LogP contribution < -0.4 is 10.1 Å². The summed E-state index contributed by atoms with van der Waals surface area (Å²) in [7, 11) is 1.66. The number of nitrogens with one attached hydrogen (secondary N) is 1. The second-order valence-electron chi connectivity index (χ2n) is 6.54. The van der Waals surface area contributed by atoms with Crippen molar-refractivity contribution in [1.29, 1.82) is 0 Å². The first-order valence-corrected chi connectivity index (χ1v) is 9.70. The van der Waals surface area contributed by atoms with Crippen LogP contribution in [0.25, 0.3) is 10.6 Å². The monoisotopic (exact) mass is 379 g/mol. The molecule has 1 N–H and O–H groups in total. The number of urea groups is 1. The molecule has 0 aliphatic carbocycles. The highest BCUT2D eigenvalue weighted by molar-refractivity contribution is 7.15. The molecule has 0 unspecified atom stereocenters. The van der Waals surface area contributed by atoms with E-state index in [4.69, 9.17) is 9.72 Å². The van der Waals surface area contributed by atoms with Crippen LogP contribution in [0.5, 0.6) is 5.75 Å². The third kappa shape index (κ3) is 3.66. The predicted molar refractivity (Wildman–Crippen MR) is 108 cm³/mol. The largest absolute Gasteiger partial charge is 0.497 e. The van der Waals surface area contributed by atoms with E-state index in [9.17, 15) is 4.79 Å². The van der Waals surface area contributed by atoms with Gasteiger partial charge in [0.15, 0.2) is 0 Å². The summed E-state index contributed by atoms with van der Waals surface area (Å²) >= 11 is 1.65. The molecular formula is C21H21N3O2S. The lowest BCUT2D eigenvalue weighted by Gasteiger charge is -2.26. The molecule has 2 heterocycles. The van der Waals surface area contributed by atoms with Gasteiger partial charge < -0.3 is 15.0 Å². The van der Waals surface area contributed by atoms with Gasteiger partial charge in [-0.3, -0.25) is 0 Å². The summed E-state index contributed by atoms with van der Waals surface area (Å²) in [6.07, 6.45) is 0.775. The highest BCUT2D eigenvalue weighted by Gasteiger charge is 2.24. The molecule has 1 aliphatic heterocycles. The van der Waals surface area contributed by atoms with Gasteiger partial charge in [0.1, 0.15) is 10.8 Å². The summed E-state index contributed by atoms with van der Waals surface area (Å²) in [5, 5.41) is 3.99. The zero-order chi connectivity index (χ0) is 18.8. The number of anilines is 1. The predicted octanol–water partition coefficient (Wildman–Crippen LogP) is 4.72. The minimum absolute atomic E-state index is 0.0636. The fourth-order valence-electron chi connectivity index (χ4n) is 3.16. The standard InChI is InChI=1S/C21H21N3O2S/c1-14-6-3-4-9-17(14)23-21(25)24-11-10-18-19(13-24)27-20(22-18)15-7-5-8-16(12-15)26-2/h3-9,12H,10-11,13H2,1-2H3,(H,23,25). The van der Waals surface area contributed by atoms with Crippen LogP contribution in [0.1, 0.15) is 16.1 Å². The van der Waals surface area contributed by atoms with Crippen LogP contribution in [0.15, 0.2) is 48.5 Å². The number of benzene rings is 2. The molecule has 1 aliphatic rings. The lowest BCUT2D eigenvalue weighted by atomic mass is 10.1. The Bertz CT molecular complexity index is 983. The van der Waals surface area contributed by atoms with E-state index >= 15 is 0 Å². The number of methoxy groups -OCH3 is 1. The lowest BCUT2D eigenvalue weighted by molar-refractivity contribution is 0.207. The summed E-state index contributed by atoms with van der Waals surface area (Å²) in [5.41, 5.74) is 4.05. The van der Waals surface area contributed by atoms with E-state index in [2.05, 4.69) is 5.32 Å². The molecule has 3 aromatic rings. The maximum Gasteiger partial charge on any atom is 0.322 e. The summed E-state index contributed by atoms with van der Waals surface area (Å²) in [4.78, 5) is 20.5. The number of thiazole rings is 1. The van der Waals surface area contributed by atoms with E-state index < -0.39 is 0 Å². The molecule has 4 rings (SSSR count). The van der Waals surface area contributed by atoms with Gasteiger partial charge in [0.25, 0.3) is 0 Å². The summed E-state index contributed by atoms with van der Waals surface area (Å²) < 4.78 is 5.31. The van der Waals surface area contributed by atoms with Gasteiger partial charge >= 0.3 is 6.03 Å². The van der Waals surface area contributed by atoms with Crippen molar-refractivity contribution in [2.24, 2.45) is 0 Å². The topological polar surface area (TPSA) is 54.5 Å². The van der Waals surface area contributed by atoms with Gasteiger partial charge in [-0.15, -0.1) is 11.3 Å². The molecule has 27 heavy (non-hydrogen) atoms. The summed E-state index contributed by atoms with van der Waals surface area (Å²) in [6, 6.07) is 15.7. The molecule has 5 nitrogen and oxygen atoms in total. The van der Waals surface area contributed by atoms with Gasteiger partial charge in [0, 0.05) is 29.1 Å². The number of fused-ring (bicyclic) bond motifs is 1. The minimum Gasteiger partial charge on any atom is -0.497 e. The van der Waals surface area contributed by atoms with Crippen molar-refractivity contribution in [3.63, 3.8) is 0 Å². The van der Waals surface area contributed by atoms with E-state index in [0.29, 0.717) is 13.1 Å². The summed E-state index contributed by atoms with van der Waals surface area (Å²) in [6.45, 7) is 3.26. The van der Waals surface area contributed by atoms with E-state index in [1.807, 2.05) is 60.4 Å². The molecule has 138 valence electrons. The third-order valence-electron chi connectivity index (χ3n) is 4.72. The number of hydrogen-bond acceptors (Lipinski definition) is 4. The number of nitrogens with zero attached hydrogens (tertiary/aromatic N) is 2. The van der Waals surface area contributed by atoms with Gasteiger partial charge in [-0.1, -0.05) is 30.3 Å². The van der Waals surface area contributed by atoms with E-state index in [0.717, 1.165) is 44.6 Å². The second kappa shape index (κ2) is 7.40. The molecule has 6 heteroatoms. The first-order valence-electron chi connectivity index (χ1n) is 8.88. The molecule has 0 saturated heterocycles. The fraction of sp³-hybridized carbons (Fsp3) is 0.238. The second-order valence-corrected chi connectivity index (χ2v) is 7.62. The van der Waals surface area contributed by atoms with Crippen LogP contribution in [0.2, 0.25) is 0 Å². The van der Waals surface area contributed by atoms with Crippen molar-refractivity contribution < 1.29 is 9.53 Å². The molecule has 0 saturated carbocycles. The van der Waals surface area contributed by atoms with Gasteiger partial charge in [0.2, 0.25) is 0 Å². The van der Waals surface area contributed by atoms with Gasteiger partial charge in [-0.2, -0.15) is 0 Å². The Morgan fingerprint density at radius 1 is 1.22 bits per heavy atom. The van der Waals surface area contributed by atoms with Crippen molar-refractivity contribution in [3.05, 3.63) is 64.7 Å². The maximum absolute atomic E-state index is 12.7. The number of hydrogen-bond donors (Lipinski definition) is 1. The van der Waals surface area contributed by atoms with Crippen molar-refractivity contribution in [3.8, 4) is 16.3 Å². The fourth-order valence-corrected chi connectivity index (χ4v) is 4.28. The molecule has 2 amide bonds. The average molecular weight is 379 g/mol. The number of carbonyl (C=O) groups excluding carboxylic acids is 1. The lowest BCUT2D eigenvalue weighted by Crippen LogP contribution is -2.38.